The molecule has 0 aliphatic rings. The molecule has 4 heteroatoms. The molecular formula is C23H16NO2S+. The van der Waals surface area contributed by atoms with Crippen LogP contribution in [0.5, 0.6) is 0 Å². The van der Waals surface area contributed by atoms with E-state index >= 15 is 0 Å². The zero-order valence-electron chi connectivity index (χ0n) is 14.9. The van der Waals surface area contributed by atoms with Gasteiger partial charge < -0.3 is 8.83 Å². The van der Waals surface area contributed by atoms with Crippen LogP contribution < -0.4 is 4.57 Å². The predicted molar refractivity (Wildman–Crippen MR) is 110 cm³/mol. The molecule has 27 heavy (non-hydrogen) atoms. The van der Waals surface area contributed by atoms with Crippen LogP contribution in [0.15, 0.2) is 69.5 Å². The number of nitrogens with zero attached hydrogens (tertiary/aromatic N) is 1. The maximum atomic E-state index is 6.44. The second-order valence-corrected chi connectivity index (χ2v) is 7.96. The Hall–Kier alpha value is -3.11. The van der Waals surface area contributed by atoms with Gasteiger partial charge in [-0.2, -0.15) is 0 Å². The van der Waals surface area contributed by atoms with E-state index in [1.807, 2.05) is 18.2 Å². The molecule has 0 fully saturated rings. The minimum absolute atomic E-state index is 0.837. The van der Waals surface area contributed by atoms with Crippen molar-refractivity contribution < 1.29 is 13.4 Å². The maximum absolute atomic E-state index is 6.44. The summed E-state index contributed by atoms with van der Waals surface area (Å²) in [6.45, 7) is 2.11. The SMILES string of the molecule is Cc1ccc2c(oc3ccccc32)c1-c1oc2c3ccccc3sc2[n+]1C. The molecule has 0 unspecified atom stereocenters. The molecule has 0 radical (unpaired) electrons. The molecule has 3 nitrogen and oxygen atoms in total. The Labute approximate surface area is 159 Å². The third kappa shape index (κ3) is 1.93. The van der Waals surface area contributed by atoms with E-state index in [2.05, 4.69) is 61.0 Å². The summed E-state index contributed by atoms with van der Waals surface area (Å²) in [5.74, 6) is 0.837. The van der Waals surface area contributed by atoms with Gasteiger partial charge in [-0.3, -0.25) is 0 Å². The second kappa shape index (κ2) is 5.21. The summed E-state index contributed by atoms with van der Waals surface area (Å²) in [5.41, 5.74) is 4.90. The van der Waals surface area contributed by atoms with Crippen LogP contribution in [0.2, 0.25) is 0 Å². The summed E-state index contributed by atoms with van der Waals surface area (Å²) in [6, 6.07) is 20.8. The zero-order valence-corrected chi connectivity index (χ0v) is 15.8. The molecule has 130 valence electrons. The van der Waals surface area contributed by atoms with E-state index in [9.17, 15) is 0 Å². The normalized spacial score (nSPS) is 12.1. The first-order chi connectivity index (χ1) is 13.2. The summed E-state index contributed by atoms with van der Waals surface area (Å²) in [4.78, 5) is 1.14. The van der Waals surface area contributed by atoms with Crippen molar-refractivity contribution in [3.63, 3.8) is 0 Å². The van der Waals surface area contributed by atoms with Crippen molar-refractivity contribution in [1.82, 2.24) is 0 Å². The molecule has 6 rings (SSSR count). The van der Waals surface area contributed by atoms with Crippen LogP contribution in [0.25, 0.3) is 53.9 Å². The molecule has 3 heterocycles. The lowest BCUT2D eigenvalue weighted by Gasteiger charge is -2.00. The highest BCUT2D eigenvalue weighted by atomic mass is 32.1. The van der Waals surface area contributed by atoms with Gasteiger partial charge in [-0.15, -0.1) is 4.57 Å². The van der Waals surface area contributed by atoms with Gasteiger partial charge in [0.1, 0.15) is 18.2 Å². The molecule has 6 aromatic rings. The molecule has 0 saturated carbocycles. The first-order valence-electron chi connectivity index (χ1n) is 8.93. The number of hydrogen-bond donors (Lipinski definition) is 0. The number of para-hydroxylation sites is 1. The van der Waals surface area contributed by atoms with E-state index in [1.54, 1.807) is 11.3 Å². The molecule has 3 aromatic heterocycles. The third-order valence-corrected chi connectivity index (χ3v) is 6.54. The van der Waals surface area contributed by atoms with E-state index in [0.29, 0.717) is 0 Å². The van der Waals surface area contributed by atoms with Crippen molar-refractivity contribution in [3.05, 3.63) is 66.2 Å². The van der Waals surface area contributed by atoms with Crippen LogP contribution in [-0.2, 0) is 7.05 Å². The van der Waals surface area contributed by atoms with Crippen LogP contribution in [0.3, 0.4) is 0 Å². The molecule has 0 bridgehead atoms. The topological polar surface area (TPSA) is 30.2 Å². The quantitative estimate of drug-likeness (QED) is 0.316. The van der Waals surface area contributed by atoms with Crippen molar-refractivity contribution in [1.29, 1.82) is 0 Å². The number of hydrogen-bond acceptors (Lipinski definition) is 3. The molecule has 0 atom stereocenters. The van der Waals surface area contributed by atoms with Crippen molar-refractivity contribution in [2.45, 2.75) is 6.92 Å². The van der Waals surface area contributed by atoms with Gasteiger partial charge in [-0.25, -0.2) is 0 Å². The van der Waals surface area contributed by atoms with Gasteiger partial charge in [0, 0.05) is 20.9 Å². The average Bonchev–Trinajstić information content (AvgIpc) is 3.33. The Kier molecular flexibility index (Phi) is 2.89. The fourth-order valence-electron chi connectivity index (χ4n) is 3.96. The smallest absolute Gasteiger partial charge is 0.386 e. The van der Waals surface area contributed by atoms with E-state index in [1.165, 1.54) is 4.70 Å². The lowest BCUT2D eigenvalue weighted by Crippen LogP contribution is -2.28. The van der Waals surface area contributed by atoms with Gasteiger partial charge in [-0.1, -0.05) is 53.8 Å². The lowest BCUT2D eigenvalue weighted by molar-refractivity contribution is -0.635. The number of oxazole rings is 1. The average molecular weight is 370 g/mol. The summed E-state index contributed by atoms with van der Waals surface area (Å²) in [7, 11) is 2.07. The van der Waals surface area contributed by atoms with Gasteiger partial charge in [-0.05, 0) is 30.7 Å². The fraction of sp³-hybridized carbons (Fsp3) is 0.0870. The summed E-state index contributed by atoms with van der Waals surface area (Å²) in [6.07, 6.45) is 0. The highest BCUT2D eigenvalue weighted by Gasteiger charge is 2.29. The maximum Gasteiger partial charge on any atom is 0.386 e. The van der Waals surface area contributed by atoms with Crippen molar-refractivity contribution >= 4 is 53.8 Å². The van der Waals surface area contributed by atoms with Crippen molar-refractivity contribution in [3.8, 4) is 11.5 Å². The third-order valence-electron chi connectivity index (χ3n) is 5.31. The van der Waals surface area contributed by atoms with Crippen molar-refractivity contribution in [2.24, 2.45) is 7.05 Å². The summed E-state index contributed by atoms with van der Waals surface area (Å²) < 4.78 is 16.1. The van der Waals surface area contributed by atoms with Crippen LogP contribution in [0, 0.1) is 6.92 Å². The monoisotopic (exact) mass is 370 g/mol. The molecule has 0 N–H and O–H groups in total. The Bertz CT molecular complexity index is 1500. The van der Waals surface area contributed by atoms with Crippen LogP contribution in [-0.4, -0.2) is 0 Å². The number of benzene rings is 3. The van der Waals surface area contributed by atoms with Crippen LogP contribution in [0.1, 0.15) is 5.56 Å². The van der Waals surface area contributed by atoms with Gasteiger partial charge in [0.2, 0.25) is 5.58 Å². The predicted octanol–water partition coefficient (Wildman–Crippen LogP) is 6.35. The Morgan fingerprint density at radius 2 is 1.56 bits per heavy atom. The van der Waals surface area contributed by atoms with Crippen molar-refractivity contribution in [2.75, 3.05) is 0 Å². The molecule has 0 aliphatic heterocycles. The molecule has 3 aromatic carbocycles. The molecule has 0 saturated heterocycles. The second-order valence-electron chi connectivity index (χ2n) is 6.93. The Morgan fingerprint density at radius 1 is 0.778 bits per heavy atom. The standard InChI is InChI=1S/C23H16NO2S/c1-13-11-12-15-14-7-3-5-9-17(14)25-20(15)19(13)22-24(2)23-21(26-22)16-8-4-6-10-18(16)27-23/h3-12H,1-2H3/q+1. The number of fused-ring (bicyclic) bond motifs is 6. The number of rotatable bonds is 1. The number of thiophene rings is 1. The highest BCUT2D eigenvalue weighted by molar-refractivity contribution is 7.25. The van der Waals surface area contributed by atoms with Crippen LogP contribution >= 0.6 is 11.3 Å². The fourth-order valence-corrected chi connectivity index (χ4v) is 5.05. The van der Waals surface area contributed by atoms with E-state index < -0.39 is 0 Å². The van der Waals surface area contributed by atoms with Gasteiger partial charge in [0.25, 0.3) is 0 Å². The minimum Gasteiger partial charge on any atom is -0.455 e. The first kappa shape index (κ1) is 15.0. The molecule has 0 aliphatic carbocycles. The highest BCUT2D eigenvalue weighted by Crippen LogP contribution is 2.40. The van der Waals surface area contributed by atoms with E-state index in [0.717, 1.165) is 54.8 Å². The molecular weight excluding hydrogens is 354 g/mol. The van der Waals surface area contributed by atoms with E-state index in [-0.39, 0.29) is 0 Å². The van der Waals surface area contributed by atoms with Gasteiger partial charge >= 0.3 is 10.7 Å². The number of aromatic nitrogens is 1. The molecule has 0 amide bonds. The molecule has 0 spiro atoms. The number of aryl methyl sites for hydroxylation is 2. The van der Waals surface area contributed by atoms with Crippen LogP contribution in [0.4, 0.5) is 0 Å². The van der Waals surface area contributed by atoms with Gasteiger partial charge in [0.05, 0.1) is 0 Å². The zero-order chi connectivity index (χ0) is 18.1. The number of furan rings is 1. The van der Waals surface area contributed by atoms with Gasteiger partial charge in [0.15, 0.2) is 5.58 Å². The van der Waals surface area contributed by atoms with E-state index in [4.69, 9.17) is 8.83 Å². The summed E-state index contributed by atoms with van der Waals surface area (Å²) in [5, 5.41) is 3.42. The Balaban J connectivity index is 1.74. The summed E-state index contributed by atoms with van der Waals surface area (Å²) >= 11 is 1.76. The first-order valence-corrected chi connectivity index (χ1v) is 9.75. The Morgan fingerprint density at radius 3 is 2.44 bits per heavy atom. The lowest BCUT2D eigenvalue weighted by atomic mass is 10.0. The largest absolute Gasteiger partial charge is 0.455 e. The minimum atomic E-state index is 0.837.